The van der Waals surface area contributed by atoms with Crippen molar-refractivity contribution >= 4 is 0 Å². The van der Waals surface area contributed by atoms with Gasteiger partial charge in [-0.05, 0) is 44.0 Å². The van der Waals surface area contributed by atoms with Crippen molar-refractivity contribution in [2.75, 3.05) is 27.9 Å². The topological polar surface area (TPSA) is 39.7 Å². The zero-order valence-corrected chi connectivity index (χ0v) is 13.2. The fraction of sp³-hybridized carbons (Fsp3) is 0.625. The van der Waals surface area contributed by atoms with Crippen molar-refractivity contribution in [2.24, 2.45) is 0 Å². The van der Waals surface area contributed by atoms with Gasteiger partial charge in [0.25, 0.3) is 0 Å². The van der Waals surface area contributed by atoms with E-state index in [1.54, 1.807) is 21.3 Å². The first kappa shape index (κ1) is 16.8. The summed E-state index contributed by atoms with van der Waals surface area (Å²) >= 11 is 0. The summed E-state index contributed by atoms with van der Waals surface area (Å²) in [7, 11) is 5.09. The third kappa shape index (κ3) is 5.02. The highest BCUT2D eigenvalue weighted by Gasteiger charge is 2.16. The van der Waals surface area contributed by atoms with E-state index in [1.165, 1.54) is 5.56 Å². The van der Waals surface area contributed by atoms with E-state index in [0.29, 0.717) is 0 Å². The molecule has 0 aliphatic rings. The molecule has 2 unspecified atom stereocenters. The molecule has 1 aromatic rings. The third-order valence-electron chi connectivity index (χ3n) is 3.39. The average Bonchev–Trinajstić information content (AvgIpc) is 2.50. The van der Waals surface area contributed by atoms with E-state index in [2.05, 4.69) is 31.3 Å². The highest BCUT2D eigenvalue weighted by molar-refractivity contribution is 5.39. The van der Waals surface area contributed by atoms with Crippen LogP contribution in [-0.4, -0.2) is 34.0 Å². The summed E-state index contributed by atoms with van der Waals surface area (Å²) in [5, 5.41) is 3.56. The van der Waals surface area contributed by atoms with Crippen LogP contribution in [0.15, 0.2) is 18.2 Å². The van der Waals surface area contributed by atoms with E-state index >= 15 is 0 Å². The van der Waals surface area contributed by atoms with Crippen LogP contribution in [0.2, 0.25) is 0 Å². The molecule has 1 rings (SSSR count). The molecule has 4 heteroatoms. The molecule has 0 bridgehead atoms. The zero-order valence-electron chi connectivity index (χ0n) is 13.2. The molecule has 0 aromatic heterocycles. The highest BCUT2D eigenvalue weighted by Crippen LogP contribution is 2.29. The Morgan fingerprint density at radius 2 is 1.65 bits per heavy atom. The summed E-state index contributed by atoms with van der Waals surface area (Å²) in [6.45, 7) is 5.22. The minimum atomic E-state index is 0.196. The molecule has 0 aliphatic carbocycles. The van der Waals surface area contributed by atoms with Gasteiger partial charge < -0.3 is 19.5 Å². The molecule has 0 saturated carbocycles. The third-order valence-corrected chi connectivity index (χ3v) is 3.39. The Morgan fingerprint density at radius 1 is 1.05 bits per heavy atom. The SMILES string of the molecule is CCCNC(CC(C)OC)c1cc(OC)cc(OC)c1. The molecule has 20 heavy (non-hydrogen) atoms. The molecular weight excluding hydrogens is 254 g/mol. The van der Waals surface area contributed by atoms with E-state index in [9.17, 15) is 0 Å². The maximum absolute atomic E-state index is 5.39. The molecule has 0 radical (unpaired) electrons. The number of hydrogen-bond donors (Lipinski definition) is 1. The Bertz CT molecular complexity index is 373. The number of benzene rings is 1. The minimum absolute atomic E-state index is 0.196. The second-order valence-electron chi connectivity index (χ2n) is 4.93. The monoisotopic (exact) mass is 281 g/mol. The van der Waals surface area contributed by atoms with Gasteiger partial charge in [-0.15, -0.1) is 0 Å². The molecule has 0 aliphatic heterocycles. The summed E-state index contributed by atoms with van der Waals surface area (Å²) in [6, 6.07) is 6.23. The van der Waals surface area contributed by atoms with Crippen LogP contribution in [0.3, 0.4) is 0 Å². The molecule has 114 valence electrons. The molecule has 0 heterocycles. The van der Waals surface area contributed by atoms with E-state index in [4.69, 9.17) is 14.2 Å². The Balaban J connectivity index is 2.97. The Hall–Kier alpha value is -1.26. The molecule has 2 atom stereocenters. The van der Waals surface area contributed by atoms with Gasteiger partial charge in [-0.1, -0.05) is 6.92 Å². The van der Waals surface area contributed by atoms with Crippen molar-refractivity contribution in [3.63, 3.8) is 0 Å². The van der Waals surface area contributed by atoms with Crippen LogP contribution in [0.5, 0.6) is 11.5 Å². The van der Waals surface area contributed by atoms with Crippen LogP contribution in [0, 0.1) is 0 Å². The van der Waals surface area contributed by atoms with Gasteiger partial charge >= 0.3 is 0 Å². The number of rotatable bonds is 9. The number of methoxy groups -OCH3 is 3. The van der Waals surface area contributed by atoms with Gasteiger partial charge in [-0.25, -0.2) is 0 Å². The van der Waals surface area contributed by atoms with E-state index in [0.717, 1.165) is 30.9 Å². The first-order valence-electron chi connectivity index (χ1n) is 7.13. The molecule has 0 fully saturated rings. The van der Waals surface area contributed by atoms with Crippen LogP contribution in [0.25, 0.3) is 0 Å². The van der Waals surface area contributed by atoms with E-state index < -0.39 is 0 Å². The zero-order chi connectivity index (χ0) is 15.0. The molecular formula is C16H27NO3. The van der Waals surface area contributed by atoms with Gasteiger partial charge in [-0.3, -0.25) is 0 Å². The lowest BCUT2D eigenvalue weighted by Crippen LogP contribution is -2.26. The van der Waals surface area contributed by atoms with Gasteiger partial charge in [0.2, 0.25) is 0 Å². The lowest BCUT2D eigenvalue weighted by atomic mass is 10.00. The predicted molar refractivity (Wildman–Crippen MR) is 81.7 cm³/mol. The smallest absolute Gasteiger partial charge is 0.122 e. The molecule has 1 N–H and O–H groups in total. The minimum Gasteiger partial charge on any atom is -0.497 e. The van der Waals surface area contributed by atoms with Gasteiger partial charge in [-0.2, -0.15) is 0 Å². The number of nitrogens with one attached hydrogen (secondary N) is 1. The van der Waals surface area contributed by atoms with Crippen molar-refractivity contribution < 1.29 is 14.2 Å². The van der Waals surface area contributed by atoms with Crippen LogP contribution in [0.4, 0.5) is 0 Å². The first-order valence-corrected chi connectivity index (χ1v) is 7.13. The van der Waals surface area contributed by atoms with Gasteiger partial charge in [0.1, 0.15) is 11.5 Å². The van der Waals surface area contributed by atoms with Crippen LogP contribution in [-0.2, 0) is 4.74 Å². The molecule has 0 saturated heterocycles. The maximum atomic E-state index is 5.39. The Morgan fingerprint density at radius 3 is 2.10 bits per heavy atom. The van der Waals surface area contributed by atoms with E-state index in [1.807, 2.05) is 6.07 Å². The summed E-state index contributed by atoms with van der Waals surface area (Å²) in [5.41, 5.74) is 1.17. The second-order valence-corrected chi connectivity index (χ2v) is 4.93. The summed E-state index contributed by atoms with van der Waals surface area (Å²) in [4.78, 5) is 0. The van der Waals surface area contributed by atoms with Gasteiger partial charge in [0.15, 0.2) is 0 Å². The lowest BCUT2D eigenvalue weighted by Gasteiger charge is -2.23. The van der Waals surface area contributed by atoms with Gasteiger partial charge in [0, 0.05) is 19.2 Å². The Kier molecular flexibility index (Phi) is 7.41. The van der Waals surface area contributed by atoms with Crippen molar-refractivity contribution in [3.8, 4) is 11.5 Å². The summed E-state index contributed by atoms with van der Waals surface area (Å²) in [6.07, 6.45) is 2.20. The van der Waals surface area contributed by atoms with Crippen LogP contribution >= 0.6 is 0 Å². The first-order chi connectivity index (χ1) is 9.64. The van der Waals surface area contributed by atoms with Crippen molar-refractivity contribution in [1.82, 2.24) is 5.32 Å². The van der Waals surface area contributed by atoms with Crippen LogP contribution in [0.1, 0.15) is 38.3 Å². The molecule has 4 nitrogen and oxygen atoms in total. The fourth-order valence-electron chi connectivity index (χ4n) is 2.11. The molecule has 1 aromatic carbocycles. The van der Waals surface area contributed by atoms with Crippen molar-refractivity contribution in [2.45, 2.75) is 38.8 Å². The predicted octanol–water partition coefficient (Wildman–Crippen LogP) is 3.17. The largest absolute Gasteiger partial charge is 0.497 e. The average molecular weight is 281 g/mol. The van der Waals surface area contributed by atoms with Crippen molar-refractivity contribution in [1.29, 1.82) is 0 Å². The summed E-state index contributed by atoms with van der Waals surface area (Å²) in [5.74, 6) is 1.63. The van der Waals surface area contributed by atoms with Crippen LogP contribution < -0.4 is 14.8 Å². The quantitative estimate of drug-likeness (QED) is 0.754. The highest BCUT2D eigenvalue weighted by atomic mass is 16.5. The maximum Gasteiger partial charge on any atom is 0.122 e. The standard InChI is InChI=1S/C16H27NO3/c1-6-7-17-16(8-12(2)18-3)13-9-14(19-4)11-15(10-13)20-5/h9-12,16-17H,6-8H2,1-5H3. The molecule has 0 spiro atoms. The molecule has 0 amide bonds. The second kappa shape index (κ2) is 8.82. The summed E-state index contributed by atoms with van der Waals surface area (Å²) < 4.78 is 16.1. The number of hydrogen-bond acceptors (Lipinski definition) is 4. The number of ether oxygens (including phenoxy) is 3. The van der Waals surface area contributed by atoms with Crippen molar-refractivity contribution in [3.05, 3.63) is 23.8 Å². The van der Waals surface area contributed by atoms with E-state index in [-0.39, 0.29) is 12.1 Å². The Labute approximate surface area is 122 Å². The van der Waals surface area contributed by atoms with Gasteiger partial charge in [0.05, 0.1) is 20.3 Å². The fourth-order valence-corrected chi connectivity index (χ4v) is 2.11. The normalized spacial score (nSPS) is 13.8. The lowest BCUT2D eigenvalue weighted by molar-refractivity contribution is 0.100.